The molecule has 2 heterocycles. The van der Waals surface area contributed by atoms with Gasteiger partial charge in [0, 0.05) is 7.05 Å². The van der Waals surface area contributed by atoms with Crippen molar-refractivity contribution in [1.29, 1.82) is 0 Å². The Hall–Kier alpha value is -2.04. The normalized spacial score (nSPS) is 10.3. The fourth-order valence-corrected chi connectivity index (χ4v) is 1.35. The number of hydrogen-bond donors (Lipinski definition) is 0. The Labute approximate surface area is 86.3 Å². The minimum atomic E-state index is -0.239. The summed E-state index contributed by atoms with van der Waals surface area (Å²) < 4.78 is 11.5. The molecule has 0 aliphatic rings. The Balaban J connectivity index is 2.45. The number of carbonyl (C=O) groups excluding carboxylic acids is 1. The maximum Gasteiger partial charge on any atom is 0.249 e. The molecule has 5 heteroatoms. The summed E-state index contributed by atoms with van der Waals surface area (Å²) in [6.45, 7) is 0. The van der Waals surface area contributed by atoms with Gasteiger partial charge in [-0.2, -0.15) is 5.10 Å². The Kier molecular flexibility index (Phi) is 2.29. The lowest BCUT2D eigenvalue weighted by Gasteiger charge is -2.01. The predicted molar refractivity (Wildman–Crippen MR) is 51.9 cm³/mol. The van der Waals surface area contributed by atoms with Gasteiger partial charge in [0.1, 0.15) is 0 Å². The van der Waals surface area contributed by atoms with Crippen LogP contribution in [0.25, 0.3) is 0 Å². The number of ether oxygens (including phenoxy) is 1. The van der Waals surface area contributed by atoms with Gasteiger partial charge in [0.2, 0.25) is 5.78 Å². The molecule has 0 bridgehead atoms. The zero-order valence-electron chi connectivity index (χ0n) is 8.43. The van der Waals surface area contributed by atoms with Crippen molar-refractivity contribution in [3.05, 3.63) is 36.0 Å². The zero-order chi connectivity index (χ0) is 10.8. The molecule has 0 saturated heterocycles. The van der Waals surface area contributed by atoms with Gasteiger partial charge >= 0.3 is 0 Å². The van der Waals surface area contributed by atoms with Crippen LogP contribution >= 0.6 is 0 Å². The van der Waals surface area contributed by atoms with Gasteiger partial charge in [0.05, 0.1) is 19.6 Å². The van der Waals surface area contributed by atoms with Gasteiger partial charge in [0.25, 0.3) is 0 Å². The highest BCUT2D eigenvalue weighted by Gasteiger charge is 2.21. The van der Waals surface area contributed by atoms with Crippen LogP contribution in [0.3, 0.4) is 0 Å². The van der Waals surface area contributed by atoms with Crippen LogP contribution in [-0.2, 0) is 7.05 Å². The average Bonchev–Trinajstić information content (AvgIpc) is 2.85. The van der Waals surface area contributed by atoms with E-state index in [1.807, 2.05) is 0 Å². The lowest BCUT2D eigenvalue weighted by atomic mass is 10.2. The Morgan fingerprint density at radius 3 is 3.00 bits per heavy atom. The molecule has 0 atom stereocenters. The van der Waals surface area contributed by atoms with Crippen LogP contribution in [0.4, 0.5) is 0 Å². The molecule has 5 nitrogen and oxygen atoms in total. The van der Waals surface area contributed by atoms with Crippen molar-refractivity contribution in [2.24, 2.45) is 7.05 Å². The Morgan fingerprint density at radius 1 is 1.60 bits per heavy atom. The number of hydrogen-bond acceptors (Lipinski definition) is 4. The van der Waals surface area contributed by atoms with Crippen molar-refractivity contribution in [2.45, 2.75) is 0 Å². The number of aromatic nitrogens is 2. The van der Waals surface area contributed by atoms with E-state index in [1.165, 1.54) is 24.3 Å². The highest BCUT2D eigenvalue weighted by Crippen LogP contribution is 2.20. The highest BCUT2D eigenvalue weighted by molar-refractivity contribution is 6.07. The van der Waals surface area contributed by atoms with E-state index >= 15 is 0 Å². The van der Waals surface area contributed by atoms with Crippen molar-refractivity contribution >= 4 is 5.78 Å². The number of aryl methyl sites for hydroxylation is 1. The SMILES string of the molecule is COc1cnn(C)c1C(=O)c1ccco1. The van der Waals surface area contributed by atoms with Crippen molar-refractivity contribution in [2.75, 3.05) is 7.11 Å². The molecule has 0 unspecified atom stereocenters. The molecule has 0 amide bonds. The van der Waals surface area contributed by atoms with E-state index in [9.17, 15) is 4.79 Å². The number of furan rings is 1. The summed E-state index contributed by atoms with van der Waals surface area (Å²) in [6.07, 6.45) is 2.95. The van der Waals surface area contributed by atoms with Gasteiger partial charge in [-0.25, -0.2) is 0 Å². The van der Waals surface area contributed by atoms with Gasteiger partial charge in [-0.05, 0) is 12.1 Å². The van der Waals surface area contributed by atoms with Gasteiger partial charge in [-0.1, -0.05) is 0 Å². The van der Waals surface area contributed by atoms with Crippen molar-refractivity contribution in [3.63, 3.8) is 0 Å². The second-order valence-corrected chi connectivity index (χ2v) is 2.99. The molecule has 0 saturated carbocycles. The summed E-state index contributed by atoms with van der Waals surface area (Å²) in [6, 6.07) is 3.27. The first-order chi connectivity index (χ1) is 7.24. The number of rotatable bonds is 3. The molecular formula is C10H10N2O3. The summed E-state index contributed by atoms with van der Waals surface area (Å²) >= 11 is 0. The van der Waals surface area contributed by atoms with E-state index in [2.05, 4.69) is 5.10 Å². The van der Waals surface area contributed by atoms with E-state index in [0.717, 1.165) is 0 Å². The fourth-order valence-electron chi connectivity index (χ4n) is 1.35. The summed E-state index contributed by atoms with van der Waals surface area (Å²) in [7, 11) is 3.18. The van der Waals surface area contributed by atoms with Crippen LogP contribution in [0.15, 0.2) is 29.0 Å². The summed E-state index contributed by atoms with van der Waals surface area (Å²) in [5.74, 6) is 0.479. The quantitative estimate of drug-likeness (QED) is 0.709. The molecule has 2 rings (SSSR count). The minimum Gasteiger partial charge on any atom is -0.493 e. The smallest absolute Gasteiger partial charge is 0.249 e. The van der Waals surface area contributed by atoms with Crippen LogP contribution in [0.2, 0.25) is 0 Å². The number of nitrogens with zero attached hydrogens (tertiary/aromatic N) is 2. The average molecular weight is 206 g/mol. The van der Waals surface area contributed by atoms with Crippen LogP contribution in [-0.4, -0.2) is 22.7 Å². The van der Waals surface area contributed by atoms with Crippen LogP contribution in [0, 0.1) is 0 Å². The molecule has 15 heavy (non-hydrogen) atoms. The minimum absolute atomic E-state index is 0.239. The van der Waals surface area contributed by atoms with Gasteiger partial charge in [-0.3, -0.25) is 9.48 Å². The van der Waals surface area contributed by atoms with E-state index < -0.39 is 0 Å². The molecule has 2 aromatic heterocycles. The van der Waals surface area contributed by atoms with E-state index in [0.29, 0.717) is 11.4 Å². The first-order valence-electron chi connectivity index (χ1n) is 4.38. The molecule has 0 aliphatic carbocycles. The van der Waals surface area contributed by atoms with Gasteiger partial charge in [0.15, 0.2) is 17.2 Å². The Morgan fingerprint density at radius 2 is 2.40 bits per heavy atom. The Bertz CT molecular complexity index is 471. The molecule has 0 radical (unpaired) electrons. The third-order valence-corrected chi connectivity index (χ3v) is 2.09. The molecule has 0 spiro atoms. The number of methoxy groups -OCH3 is 1. The van der Waals surface area contributed by atoms with Gasteiger partial charge < -0.3 is 9.15 Å². The highest BCUT2D eigenvalue weighted by atomic mass is 16.5. The number of carbonyl (C=O) groups is 1. The van der Waals surface area contributed by atoms with Crippen LogP contribution < -0.4 is 4.74 Å². The van der Waals surface area contributed by atoms with Crippen molar-refractivity contribution in [3.8, 4) is 5.75 Å². The second kappa shape index (κ2) is 3.61. The zero-order valence-corrected chi connectivity index (χ0v) is 8.43. The molecule has 0 N–H and O–H groups in total. The fraction of sp³-hybridized carbons (Fsp3) is 0.200. The van der Waals surface area contributed by atoms with Crippen molar-refractivity contribution < 1.29 is 13.9 Å². The van der Waals surface area contributed by atoms with Gasteiger partial charge in [-0.15, -0.1) is 0 Å². The summed E-state index contributed by atoms with van der Waals surface area (Å²) in [5, 5.41) is 3.95. The second-order valence-electron chi connectivity index (χ2n) is 2.99. The first kappa shape index (κ1) is 9.51. The molecular weight excluding hydrogens is 196 g/mol. The molecule has 2 aromatic rings. The standard InChI is InChI=1S/C10H10N2O3/c1-12-9(8(14-2)6-11-12)10(13)7-4-3-5-15-7/h3-6H,1-2H3. The monoisotopic (exact) mass is 206 g/mol. The van der Waals surface area contributed by atoms with Crippen LogP contribution in [0.1, 0.15) is 16.2 Å². The molecule has 0 aliphatic heterocycles. The predicted octanol–water partition coefficient (Wildman–Crippen LogP) is 1.25. The van der Waals surface area contributed by atoms with Crippen LogP contribution in [0.5, 0.6) is 5.75 Å². The van der Waals surface area contributed by atoms with Crippen molar-refractivity contribution in [1.82, 2.24) is 9.78 Å². The lowest BCUT2D eigenvalue weighted by Crippen LogP contribution is -2.08. The maximum absolute atomic E-state index is 11.9. The number of ketones is 1. The topological polar surface area (TPSA) is 57.3 Å². The summed E-state index contributed by atoms with van der Waals surface area (Å²) in [5.41, 5.74) is 0.382. The van der Waals surface area contributed by atoms with E-state index in [4.69, 9.17) is 9.15 Å². The lowest BCUT2D eigenvalue weighted by molar-refractivity contribution is 0.0997. The first-order valence-corrected chi connectivity index (χ1v) is 4.38. The third-order valence-electron chi connectivity index (χ3n) is 2.09. The largest absolute Gasteiger partial charge is 0.493 e. The molecule has 78 valence electrons. The van der Waals surface area contributed by atoms with E-state index in [-0.39, 0.29) is 11.5 Å². The van der Waals surface area contributed by atoms with E-state index in [1.54, 1.807) is 19.2 Å². The molecule has 0 aromatic carbocycles. The maximum atomic E-state index is 11.9. The third kappa shape index (κ3) is 1.52. The summed E-state index contributed by atoms with van der Waals surface area (Å²) in [4.78, 5) is 11.9. The molecule has 0 fully saturated rings.